The first-order chi connectivity index (χ1) is 9.08. The Morgan fingerprint density at radius 2 is 2.21 bits per heavy atom. The monoisotopic (exact) mass is 260 g/mol. The summed E-state index contributed by atoms with van der Waals surface area (Å²) >= 11 is 0. The van der Waals surface area contributed by atoms with Crippen LogP contribution in [0, 0.1) is 6.92 Å². The number of ether oxygens (including phenoxy) is 1. The summed E-state index contributed by atoms with van der Waals surface area (Å²) in [4.78, 5) is 4.25. The maximum absolute atomic E-state index is 5.67. The number of aromatic nitrogens is 3. The van der Waals surface area contributed by atoms with Crippen LogP contribution in [0.2, 0.25) is 0 Å². The minimum Gasteiger partial charge on any atom is -0.473 e. The first kappa shape index (κ1) is 13.4. The van der Waals surface area contributed by atoms with Crippen LogP contribution in [-0.2, 0) is 13.6 Å². The van der Waals surface area contributed by atoms with Gasteiger partial charge in [0.05, 0.1) is 18.0 Å². The average molecular weight is 260 g/mol. The second-order valence-electron chi connectivity index (χ2n) is 4.76. The molecule has 0 unspecified atom stereocenters. The largest absolute Gasteiger partial charge is 0.473 e. The summed E-state index contributed by atoms with van der Waals surface area (Å²) in [5.41, 5.74) is 3.23. The van der Waals surface area contributed by atoms with Gasteiger partial charge in [0.25, 0.3) is 0 Å². The molecule has 0 aliphatic carbocycles. The number of pyridine rings is 1. The van der Waals surface area contributed by atoms with Crippen LogP contribution in [0.1, 0.15) is 25.1 Å². The van der Waals surface area contributed by atoms with Crippen LogP contribution in [0.3, 0.4) is 0 Å². The van der Waals surface area contributed by atoms with E-state index in [2.05, 4.69) is 22.3 Å². The van der Waals surface area contributed by atoms with Crippen molar-refractivity contribution in [3.8, 4) is 5.88 Å². The Hall–Kier alpha value is -2.04. The van der Waals surface area contributed by atoms with Gasteiger partial charge in [-0.3, -0.25) is 4.68 Å². The van der Waals surface area contributed by atoms with Crippen molar-refractivity contribution in [2.75, 3.05) is 5.32 Å². The third kappa shape index (κ3) is 3.24. The molecule has 0 fully saturated rings. The van der Waals surface area contributed by atoms with Gasteiger partial charge in [-0.1, -0.05) is 0 Å². The van der Waals surface area contributed by atoms with E-state index in [0.717, 1.165) is 11.4 Å². The quantitative estimate of drug-likeness (QED) is 0.897. The molecular formula is C14H20N4O. The Balaban J connectivity index is 2.09. The van der Waals surface area contributed by atoms with Crippen molar-refractivity contribution in [1.82, 2.24) is 14.8 Å². The molecule has 2 aromatic rings. The van der Waals surface area contributed by atoms with E-state index in [-0.39, 0.29) is 6.10 Å². The zero-order valence-corrected chi connectivity index (χ0v) is 11.8. The lowest BCUT2D eigenvalue weighted by atomic mass is 10.2. The fourth-order valence-corrected chi connectivity index (χ4v) is 1.75. The van der Waals surface area contributed by atoms with Gasteiger partial charge in [0, 0.05) is 31.0 Å². The Kier molecular flexibility index (Phi) is 4.04. The molecule has 0 aromatic carbocycles. The van der Waals surface area contributed by atoms with E-state index in [9.17, 15) is 0 Å². The summed E-state index contributed by atoms with van der Waals surface area (Å²) < 4.78 is 7.54. The second-order valence-corrected chi connectivity index (χ2v) is 4.76. The van der Waals surface area contributed by atoms with Gasteiger partial charge in [-0.2, -0.15) is 5.10 Å². The molecule has 2 aromatic heterocycles. The Bertz CT molecular complexity index is 548. The van der Waals surface area contributed by atoms with Crippen LogP contribution in [0.5, 0.6) is 5.88 Å². The van der Waals surface area contributed by atoms with E-state index in [0.29, 0.717) is 12.4 Å². The lowest BCUT2D eigenvalue weighted by molar-refractivity contribution is 0.234. The van der Waals surface area contributed by atoms with Gasteiger partial charge in [0.1, 0.15) is 0 Å². The Morgan fingerprint density at radius 1 is 1.42 bits per heavy atom. The molecule has 0 atom stereocenters. The van der Waals surface area contributed by atoms with Gasteiger partial charge in [-0.25, -0.2) is 4.98 Å². The van der Waals surface area contributed by atoms with Crippen molar-refractivity contribution in [2.45, 2.75) is 33.4 Å². The van der Waals surface area contributed by atoms with Gasteiger partial charge in [-0.15, -0.1) is 0 Å². The number of nitrogens with one attached hydrogen (secondary N) is 1. The van der Waals surface area contributed by atoms with Crippen molar-refractivity contribution >= 4 is 5.69 Å². The molecule has 2 heterocycles. The van der Waals surface area contributed by atoms with Gasteiger partial charge < -0.3 is 10.1 Å². The molecule has 5 heteroatoms. The summed E-state index contributed by atoms with van der Waals surface area (Å²) in [6, 6.07) is 3.86. The standard InChI is InChI=1S/C14H20N4O/c1-10(2)19-14-13(6-5-7-15-14)16-8-12-9-17-18(4)11(12)3/h5-7,9-10,16H,8H2,1-4H3. The normalized spacial score (nSPS) is 10.8. The predicted molar refractivity (Wildman–Crippen MR) is 75.3 cm³/mol. The molecule has 0 aliphatic heterocycles. The van der Waals surface area contributed by atoms with E-state index in [1.54, 1.807) is 6.20 Å². The summed E-state index contributed by atoms with van der Waals surface area (Å²) in [5, 5.41) is 7.58. The molecule has 102 valence electrons. The number of rotatable bonds is 5. The summed E-state index contributed by atoms with van der Waals surface area (Å²) in [5.74, 6) is 0.638. The number of hydrogen-bond acceptors (Lipinski definition) is 4. The zero-order chi connectivity index (χ0) is 13.8. The van der Waals surface area contributed by atoms with Crippen molar-refractivity contribution in [3.05, 3.63) is 35.8 Å². The highest BCUT2D eigenvalue weighted by molar-refractivity contribution is 5.52. The second kappa shape index (κ2) is 5.73. The molecule has 19 heavy (non-hydrogen) atoms. The Morgan fingerprint density at radius 3 is 2.84 bits per heavy atom. The van der Waals surface area contributed by atoms with Gasteiger partial charge in [-0.05, 0) is 32.9 Å². The summed E-state index contributed by atoms with van der Waals surface area (Å²) in [6.45, 7) is 6.74. The van der Waals surface area contributed by atoms with E-state index < -0.39 is 0 Å². The molecule has 5 nitrogen and oxygen atoms in total. The third-order valence-corrected chi connectivity index (χ3v) is 2.92. The SMILES string of the molecule is Cc1c(CNc2cccnc2OC(C)C)cnn1C. The fourth-order valence-electron chi connectivity index (χ4n) is 1.75. The lowest BCUT2D eigenvalue weighted by Gasteiger charge is -2.14. The predicted octanol–water partition coefficient (Wildman–Crippen LogP) is 2.52. The molecule has 0 radical (unpaired) electrons. The number of hydrogen-bond donors (Lipinski definition) is 1. The van der Waals surface area contributed by atoms with Crippen LogP contribution >= 0.6 is 0 Å². The number of anilines is 1. The highest BCUT2D eigenvalue weighted by Gasteiger charge is 2.08. The van der Waals surface area contributed by atoms with E-state index in [1.807, 2.05) is 43.9 Å². The molecule has 2 rings (SSSR count). The van der Waals surface area contributed by atoms with Crippen molar-refractivity contribution in [3.63, 3.8) is 0 Å². The van der Waals surface area contributed by atoms with Crippen molar-refractivity contribution < 1.29 is 4.74 Å². The highest BCUT2D eigenvalue weighted by Crippen LogP contribution is 2.22. The maximum atomic E-state index is 5.67. The first-order valence-electron chi connectivity index (χ1n) is 6.41. The minimum absolute atomic E-state index is 0.107. The van der Waals surface area contributed by atoms with Gasteiger partial charge in [0.15, 0.2) is 0 Å². The lowest BCUT2D eigenvalue weighted by Crippen LogP contribution is -2.10. The molecule has 0 saturated heterocycles. The smallest absolute Gasteiger partial charge is 0.237 e. The fraction of sp³-hybridized carbons (Fsp3) is 0.429. The molecule has 0 bridgehead atoms. The highest BCUT2D eigenvalue weighted by atomic mass is 16.5. The van der Waals surface area contributed by atoms with E-state index in [4.69, 9.17) is 4.74 Å². The number of nitrogens with zero attached hydrogens (tertiary/aromatic N) is 3. The average Bonchev–Trinajstić information content (AvgIpc) is 2.68. The number of aryl methyl sites for hydroxylation is 1. The third-order valence-electron chi connectivity index (χ3n) is 2.92. The minimum atomic E-state index is 0.107. The Labute approximate surface area is 113 Å². The van der Waals surface area contributed by atoms with Crippen LogP contribution < -0.4 is 10.1 Å². The van der Waals surface area contributed by atoms with Crippen molar-refractivity contribution in [1.29, 1.82) is 0 Å². The van der Waals surface area contributed by atoms with Gasteiger partial charge in [0.2, 0.25) is 5.88 Å². The van der Waals surface area contributed by atoms with Gasteiger partial charge >= 0.3 is 0 Å². The molecule has 0 aliphatic rings. The molecule has 0 saturated carbocycles. The topological polar surface area (TPSA) is 52.0 Å². The maximum Gasteiger partial charge on any atom is 0.237 e. The first-order valence-corrected chi connectivity index (χ1v) is 6.41. The van der Waals surface area contributed by atoms with Crippen LogP contribution in [0.15, 0.2) is 24.5 Å². The summed E-state index contributed by atoms with van der Waals surface area (Å²) in [6.07, 6.45) is 3.72. The molecule has 1 N–H and O–H groups in total. The molecule has 0 amide bonds. The van der Waals surface area contributed by atoms with Crippen molar-refractivity contribution in [2.24, 2.45) is 7.05 Å². The molecular weight excluding hydrogens is 240 g/mol. The van der Waals surface area contributed by atoms with E-state index >= 15 is 0 Å². The molecule has 0 spiro atoms. The summed E-state index contributed by atoms with van der Waals surface area (Å²) in [7, 11) is 1.94. The van der Waals surface area contributed by atoms with Crippen LogP contribution in [0.4, 0.5) is 5.69 Å². The zero-order valence-electron chi connectivity index (χ0n) is 11.8. The van der Waals surface area contributed by atoms with Crippen LogP contribution in [-0.4, -0.2) is 20.9 Å². The van der Waals surface area contributed by atoms with E-state index in [1.165, 1.54) is 5.56 Å². The van der Waals surface area contributed by atoms with Crippen LogP contribution in [0.25, 0.3) is 0 Å².